The highest BCUT2D eigenvalue weighted by atomic mass is 16.1. The quantitative estimate of drug-likeness (QED) is 0.723. The minimum Gasteiger partial charge on any atom is -0.356 e. The maximum absolute atomic E-state index is 11.4. The predicted octanol–water partition coefficient (Wildman–Crippen LogP) is 1.10. The van der Waals surface area contributed by atoms with Gasteiger partial charge in [0, 0.05) is 19.0 Å². The maximum atomic E-state index is 11.4. The molecule has 0 saturated carbocycles. The Kier molecular flexibility index (Phi) is 5.34. The third-order valence-electron chi connectivity index (χ3n) is 3.01. The molecule has 1 heterocycles. The predicted molar refractivity (Wildman–Crippen MR) is 65.8 cm³/mol. The minimum absolute atomic E-state index is 0.0744. The molecule has 0 spiro atoms. The van der Waals surface area contributed by atoms with Crippen molar-refractivity contribution in [3.8, 4) is 12.3 Å². The maximum Gasteiger partial charge on any atom is 0.222 e. The van der Waals surface area contributed by atoms with Crippen LogP contribution in [0.15, 0.2) is 0 Å². The molecular formula is C13H22N2O. The van der Waals surface area contributed by atoms with Crippen LogP contribution < -0.4 is 5.32 Å². The summed E-state index contributed by atoms with van der Waals surface area (Å²) < 4.78 is 0. The zero-order valence-corrected chi connectivity index (χ0v) is 10.3. The van der Waals surface area contributed by atoms with Crippen molar-refractivity contribution in [3.63, 3.8) is 0 Å². The highest BCUT2D eigenvalue weighted by Crippen LogP contribution is 2.15. The molecule has 1 atom stereocenters. The molecule has 3 heteroatoms. The second-order valence-corrected chi connectivity index (χ2v) is 4.85. The SMILES string of the molecule is C#CCN1CCC[C@H](CNC(=O)C(C)C)C1. The van der Waals surface area contributed by atoms with E-state index in [0.29, 0.717) is 5.92 Å². The fourth-order valence-electron chi connectivity index (χ4n) is 2.04. The number of hydrogen-bond acceptors (Lipinski definition) is 2. The number of hydrogen-bond donors (Lipinski definition) is 1. The monoisotopic (exact) mass is 222 g/mol. The fourth-order valence-corrected chi connectivity index (χ4v) is 2.04. The van der Waals surface area contributed by atoms with Gasteiger partial charge in [0.2, 0.25) is 5.91 Å². The molecule has 16 heavy (non-hydrogen) atoms. The lowest BCUT2D eigenvalue weighted by atomic mass is 9.98. The lowest BCUT2D eigenvalue weighted by Crippen LogP contribution is -2.41. The van der Waals surface area contributed by atoms with Gasteiger partial charge in [0.1, 0.15) is 0 Å². The summed E-state index contributed by atoms with van der Waals surface area (Å²) in [6.45, 7) is 7.47. The largest absolute Gasteiger partial charge is 0.356 e. The highest BCUT2D eigenvalue weighted by Gasteiger charge is 2.19. The zero-order valence-electron chi connectivity index (χ0n) is 10.3. The van der Waals surface area contributed by atoms with E-state index >= 15 is 0 Å². The molecule has 0 aromatic heterocycles. The normalized spacial score (nSPS) is 21.8. The van der Waals surface area contributed by atoms with Gasteiger partial charge in [0.15, 0.2) is 0 Å². The third-order valence-corrected chi connectivity index (χ3v) is 3.01. The number of carbonyl (C=O) groups is 1. The van der Waals surface area contributed by atoms with Crippen molar-refractivity contribution in [2.45, 2.75) is 26.7 Å². The summed E-state index contributed by atoms with van der Waals surface area (Å²) >= 11 is 0. The first-order chi connectivity index (χ1) is 7.63. The topological polar surface area (TPSA) is 32.3 Å². The standard InChI is InChI=1S/C13H22N2O/c1-4-7-15-8-5-6-12(10-15)9-14-13(16)11(2)3/h1,11-12H,5-10H2,2-3H3,(H,14,16)/t12-/m1/s1. The van der Waals surface area contributed by atoms with E-state index in [9.17, 15) is 4.79 Å². The molecule has 1 N–H and O–H groups in total. The van der Waals surface area contributed by atoms with Gasteiger partial charge in [0.25, 0.3) is 0 Å². The number of terminal acetylenes is 1. The molecule has 0 aliphatic carbocycles. The Morgan fingerprint density at radius 3 is 3.00 bits per heavy atom. The van der Waals surface area contributed by atoms with Gasteiger partial charge in [-0.05, 0) is 25.3 Å². The first-order valence-corrected chi connectivity index (χ1v) is 6.07. The summed E-state index contributed by atoms with van der Waals surface area (Å²) in [6, 6.07) is 0. The van der Waals surface area contributed by atoms with Crippen molar-refractivity contribution in [2.75, 3.05) is 26.2 Å². The van der Waals surface area contributed by atoms with Crippen molar-refractivity contribution in [3.05, 3.63) is 0 Å². The van der Waals surface area contributed by atoms with E-state index in [2.05, 4.69) is 16.1 Å². The smallest absolute Gasteiger partial charge is 0.222 e. The van der Waals surface area contributed by atoms with Gasteiger partial charge in [-0.3, -0.25) is 9.69 Å². The van der Waals surface area contributed by atoms with Crippen LogP contribution in [0.1, 0.15) is 26.7 Å². The average Bonchev–Trinajstić information content (AvgIpc) is 2.26. The summed E-state index contributed by atoms with van der Waals surface area (Å²) in [4.78, 5) is 13.7. The summed E-state index contributed by atoms with van der Waals surface area (Å²) in [5.41, 5.74) is 0. The molecule has 1 aliphatic rings. The molecule has 1 fully saturated rings. The van der Waals surface area contributed by atoms with Crippen LogP contribution in [0.5, 0.6) is 0 Å². The molecule has 90 valence electrons. The summed E-state index contributed by atoms with van der Waals surface area (Å²) in [5, 5.41) is 3.00. The van der Waals surface area contributed by atoms with E-state index in [4.69, 9.17) is 6.42 Å². The first-order valence-electron chi connectivity index (χ1n) is 6.07. The molecule has 0 bridgehead atoms. The number of rotatable bonds is 4. The van der Waals surface area contributed by atoms with Crippen molar-refractivity contribution in [1.82, 2.24) is 10.2 Å². The molecule has 0 aromatic rings. The summed E-state index contributed by atoms with van der Waals surface area (Å²) in [7, 11) is 0. The summed E-state index contributed by atoms with van der Waals surface area (Å²) in [5.74, 6) is 3.46. The molecule has 1 amide bonds. The Hall–Kier alpha value is -1.01. The number of piperidine rings is 1. The van der Waals surface area contributed by atoms with Gasteiger partial charge >= 0.3 is 0 Å². The minimum atomic E-state index is 0.0744. The van der Waals surface area contributed by atoms with E-state index in [0.717, 1.165) is 26.2 Å². The van der Waals surface area contributed by atoms with Crippen molar-refractivity contribution >= 4 is 5.91 Å². The van der Waals surface area contributed by atoms with Gasteiger partial charge in [-0.1, -0.05) is 19.8 Å². The van der Waals surface area contributed by atoms with Gasteiger partial charge in [-0.15, -0.1) is 6.42 Å². The van der Waals surface area contributed by atoms with Crippen LogP contribution >= 0.6 is 0 Å². The molecule has 0 aromatic carbocycles. The number of likely N-dealkylation sites (tertiary alicyclic amines) is 1. The summed E-state index contributed by atoms with van der Waals surface area (Å²) in [6.07, 6.45) is 7.68. The fraction of sp³-hybridized carbons (Fsp3) is 0.769. The van der Waals surface area contributed by atoms with Crippen LogP contribution in [0, 0.1) is 24.2 Å². The lowest BCUT2D eigenvalue weighted by Gasteiger charge is -2.31. The van der Waals surface area contributed by atoms with Gasteiger partial charge in [0.05, 0.1) is 6.54 Å². The highest BCUT2D eigenvalue weighted by molar-refractivity contribution is 5.77. The molecule has 3 nitrogen and oxygen atoms in total. The third kappa shape index (κ3) is 4.24. The second kappa shape index (κ2) is 6.55. The number of carbonyl (C=O) groups excluding carboxylic acids is 1. The molecule has 1 aliphatic heterocycles. The van der Waals surface area contributed by atoms with Crippen LogP contribution in [0.25, 0.3) is 0 Å². The van der Waals surface area contributed by atoms with E-state index in [1.54, 1.807) is 0 Å². The first kappa shape index (κ1) is 13.1. The number of amides is 1. The van der Waals surface area contributed by atoms with Gasteiger partial charge in [-0.2, -0.15) is 0 Å². The second-order valence-electron chi connectivity index (χ2n) is 4.85. The molecular weight excluding hydrogens is 200 g/mol. The van der Waals surface area contributed by atoms with E-state index in [-0.39, 0.29) is 11.8 Å². The Balaban J connectivity index is 2.27. The Bertz CT molecular complexity index is 268. The van der Waals surface area contributed by atoms with Crippen LogP contribution in [0.3, 0.4) is 0 Å². The molecule has 0 unspecified atom stereocenters. The molecule has 1 saturated heterocycles. The number of nitrogens with zero attached hydrogens (tertiary/aromatic N) is 1. The zero-order chi connectivity index (χ0) is 12.0. The van der Waals surface area contributed by atoms with E-state index in [1.165, 1.54) is 12.8 Å². The Morgan fingerprint density at radius 2 is 2.38 bits per heavy atom. The van der Waals surface area contributed by atoms with Crippen molar-refractivity contribution in [2.24, 2.45) is 11.8 Å². The Morgan fingerprint density at radius 1 is 1.62 bits per heavy atom. The van der Waals surface area contributed by atoms with Gasteiger partial charge in [-0.25, -0.2) is 0 Å². The lowest BCUT2D eigenvalue weighted by molar-refractivity contribution is -0.124. The van der Waals surface area contributed by atoms with Crippen LogP contribution in [0.4, 0.5) is 0 Å². The van der Waals surface area contributed by atoms with Crippen LogP contribution in [-0.4, -0.2) is 37.0 Å². The van der Waals surface area contributed by atoms with E-state index < -0.39 is 0 Å². The van der Waals surface area contributed by atoms with Crippen LogP contribution in [0.2, 0.25) is 0 Å². The molecule has 1 rings (SSSR count). The number of nitrogens with one attached hydrogen (secondary N) is 1. The van der Waals surface area contributed by atoms with Crippen molar-refractivity contribution in [1.29, 1.82) is 0 Å². The van der Waals surface area contributed by atoms with E-state index in [1.807, 2.05) is 13.8 Å². The van der Waals surface area contributed by atoms with Gasteiger partial charge < -0.3 is 5.32 Å². The average molecular weight is 222 g/mol. The Labute approximate surface area is 98.6 Å². The van der Waals surface area contributed by atoms with Crippen LogP contribution in [-0.2, 0) is 4.79 Å². The molecule has 0 radical (unpaired) electrons. The van der Waals surface area contributed by atoms with Crippen molar-refractivity contribution < 1.29 is 4.79 Å².